The first kappa shape index (κ1) is 8.60. The number of hydrogen-bond acceptors (Lipinski definition) is 1. The van der Waals surface area contributed by atoms with Crippen LogP contribution < -0.4 is 5.84 Å². The van der Waals surface area contributed by atoms with Crippen molar-refractivity contribution in [1.82, 2.24) is 4.68 Å². The molecule has 0 fully saturated rings. The van der Waals surface area contributed by atoms with Crippen molar-refractivity contribution in [3.8, 4) is 0 Å². The molecule has 1 aromatic carbocycles. The predicted octanol–water partition coefficient (Wildman–Crippen LogP) is 2.70. The topological polar surface area (TPSA) is 30.9 Å². The molecule has 1 heterocycles. The van der Waals surface area contributed by atoms with Gasteiger partial charge in [-0.15, -0.1) is 0 Å². The van der Waals surface area contributed by atoms with E-state index in [-0.39, 0.29) is 0 Å². The van der Waals surface area contributed by atoms with E-state index in [1.165, 1.54) is 22.2 Å². The normalized spacial score (nSPS) is 15.1. The minimum atomic E-state index is 1.06. The molecular weight excluding hydrogens is 184 g/mol. The van der Waals surface area contributed by atoms with Gasteiger partial charge in [-0.25, -0.2) is 0 Å². The smallest absolute Gasteiger partial charge is 0.0699 e. The van der Waals surface area contributed by atoms with Gasteiger partial charge in [0, 0.05) is 16.6 Å². The van der Waals surface area contributed by atoms with Crippen LogP contribution in [0, 0.1) is 0 Å². The zero-order valence-corrected chi connectivity index (χ0v) is 8.83. The van der Waals surface area contributed by atoms with Gasteiger partial charge in [0.1, 0.15) is 0 Å². The highest BCUT2D eigenvalue weighted by Gasteiger charge is 2.16. The first-order chi connectivity index (χ1) is 7.27. The van der Waals surface area contributed by atoms with Crippen LogP contribution in [0.25, 0.3) is 17.0 Å². The molecule has 0 saturated carbocycles. The molecule has 0 amide bonds. The number of aromatic nitrogens is 1. The number of fused-ring (bicyclic) bond motifs is 3. The molecule has 2 heteroatoms. The van der Waals surface area contributed by atoms with Crippen LogP contribution in [0.15, 0.2) is 29.8 Å². The van der Waals surface area contributed by atoms with Crippen LogP contribution in [0.3, 0.4) is 0 Å². The third kappa shape index (κ3) is 1.11. The summed E-state index contributed by atoms with van der Waals surface area (Å²) in [5.74, 6) is 6.09. The summed E-state index contributed by atoms with van der Waals surface area (Å²) in [7, 11) is 0. The van der Waals surface area contributed by atoms with Crippen LogP contribution in [0.1, 0.15) is 24.6 Å². The minimum Gasteiger partial charge on any atom is -0.339 e. The van der Waals surface area contributed by atoms with E-state index in [9.17, 15) is 0 Å². The van der Waals surface area contributed by atoms with Gasteiger partial charge >= 0.3 is 0 Å². The molecule has 0 atom stereocenters. The Balaban J connectivity index is 2.44. The van der Waals surface area contributed by atoms with E-state index in [0.29, 0.717) is 0 Å². The van der Waals surface area contributed by atoms with Gasteiger partial charge in [0.05, 0.1) is 5.52 Å². The van der Waals surface area contributed by atoms with Crippen LogP contribution in [0.5, 0.6) is 0 Å². The Hall–Kier alpha value is -1.70. The lowest BCUT2D eigenvalue weighted by atomic mass is 9.97. The standard InChI is InChI=1S/C13H14N2/c1-9-6-7-13-11(8-9)10-4-2-3-5-12(10)15(13)14/h2-5,8H,6-7,14H2,1H3. The van der Waals surface area contributed by atoms with Crippen LogP contribution in [0.2, 0.25) is 0 Å². The molecule has 0 bridgehead atoms. The summed E-state index contributed by atoms with van der Waals surface area (Å²) in [6, 6.07) is 8.33. The Morgan fingerprint density at radius 1 is 1.20 bits per heavy atom. The Morgan fingerprint density at radius 2 is 2.00 bits per heavy atom. The summed E-state index contributed by atoms with van der Waals surface area (Å²) in [4.78, 5) is 0. The molecule has 0 saturated heterocycles. The second-order valence-electron chi connectivity index (χ2n) is 4.24. The van der Waals surface area contributed by atoms with E-state index in [4.69, 9.17) is 5.84 Å². The average Bonchev–Trinajstić information content (AvgIpc) is 2.54. The molecule has 0 radical (unpaired) electrons. The minimum absolute atomic E-state index is 1.06. The SMILES string of the molecule is CC1=Cc2c(n(N)c3ccccc23)CC1. The fraction of sp³-hybridized carbons (Fsp3) is 0.231. The second-order valence-corrected chi connectivity index (χ2v) is 4.24. The second kappa shape index (κ2) is 2.89. The summed E-state index contributed by atoms with van der Waals surface area (Å²) in [5, 5.41) is 1.27. The van der Waals surface area contributed by atoms with Crippen molar-refractivity contribution >= 4 is 17.0 Å². The molecule has 0 spiro atoms. The van der Waals surface area contributed by atoms with E-state index >= 15 is 0 Å². The molecule has 1 aliphatic carbocycles. The number of hydrogen-bond donors (Lipinski definition) is 1. The number of nitrogen functional groups attached to an aromatic ring is 1. The van der Waals surface area contributed by atoms with Crippen LogP contribution >= 0.6 is 0 Å². The van der Waals surface area contributed by atoms with Crippen LogP contribution in [-0.4, -0.2) is 4.68 Å². The number of allylic oxidation sites excluding steroid dienone is 1. The van der Waals surface area contributed by atoms with Gasteiger partial charge in [-0.2, -0.15) is 0 Å². The van der Waals surface area contributed by atoms with Gasteiger partial charge in [0.2, 0.25) is 0 Å². The van der Waals surface area contributed by atoms with Gasteiger partial charge in [0.25, 0.3) is 0 Å². The molecule has 0 unspecified atom stereocenters. The van der Waals surface area contributed by atoms with E-state index < -0.39 is 0 Å². The highest BCUT2D eigenvalue weighted by molar-refractivity contribution is 5.92. The van der Waals surface area contributed by atoms with Gasteiger partial charge < -0.3 is 5.84 Å². The fourth-order valence-corrected chi connectivity index (χ4v) is 2.39. The fourth-order valence-electron chi connectivity index (χ4n) is 2.39. The number of benzene rings is 1. The zero-order chi connectivity index (χ0) is 10.4. The molecule has 3 rings (SSSR count). The lowest BCUT2D eigenvalue weighted by Crippen LogP contribution is -2.13. The molecule has 2 N–H and O–H groups in total. The summed E-state index contributed by atoms with van der Waals surface area (Å²) in [6.07, 6.45) is 4.45. The largest absolute Gasteiger partial charge is 0.339 e. The maximum absolute atomic E-state index is 6.09. The van der Waals surface area contributed by atoms with Crippen LogP contribution in [0.4, 0.5) is 0 Å². The maximum Gasteiger partial charge on any atom is 0.0699 e. The van der Waals surface area contributed by atoms with E-state index in [0.717, 1.165) is 18.4 Å². The number of nitrogens with two attached hydrogens (primary N) is 1. The van der Waals surface area contributed by atoms with Crippen LogP contribution in [-0.2, 0) is 6.42 Å². The van der Waals surface area contributed by atoms with Gasteiger partial charge in [0.15, 0.2) is 0 Å². The van der Waals surface area contributed by atoms with Crippen molar-refractivity contribution in [2.24, 2.45) is 0 Å². The van der Waals surface area contributed by atoms with Gasteiger partial charge in [-0.05, 0) is 25.8 Å². The maximum atomic E-state index is 6.09. The molecule has 15 heavy (non-hydrogen) atoms. The summed E-state index contributed by atoms with van der Waals surface area (Å²) in [6.45, 7) is 2.19. The monoisotopic (exact) mass is 198 g/mol. The third-order valence-corrected chi connectivity index (χ3v) is 3.20. The molecule has 2 nitrogen and oxygen atoms in total. The summed E-state index contributed by atoms with van der Waals surface area (Å²) < 4.78 is 1.84. The number of nitrogens with zero attached hydrogens (tertiary/aromatic N) is 1. The number of para-hydroxylation sites is 1. The molecule has 76 valence electrons. The molecule has 1 aromatic heterocycles. The Kier molecular flexibility index (Phi) is 1.66. The summed E-state index contributed by atoms with van der Waals surface area (Å²) >= 11 is 0. The van der Waals surface area contributed by atoms with Crippen molar-refractivity contribution < 1.29 is 0 Å². The van der Waals surface area contributed by atoms with E-state index in [2.05, 4.69) is 31.2 Å². The molecule has 2 aromatic rings. The first-order valence-electron chi connectivity index (χ1n) is 5.32. The first-order valence-corrected chi connectivity index (χ1v) is 5.32. The van der Waals surface area contributed by atoms with Crippen molar-refractivity contribution in [1.29, 1.82) is 0 Å². The highest BCUT2D eigenvalue weighted by atomic mass is 15.3. The van der Waals surface area contributed by atoms with Crippen molar-refractivity contribution in [3.63, 3.8) is 0 Å². The van der Waals surface area contributed by atoms with E-state index in [1.807, 2.05) is 10.7 Å². The Morgan fingerprint density at radius 3 is 2.87 bits per heavy atom. The third-order valence-electron chi connectivity index (χ3n) is 3.20. The molecule has 1 aliphatic rings. The lowest BCUT2D eigenvalue weighted by Gasteiger charge is -2.11. The number of rotatable bonds is 0. The highest BCUT2D eigenvalue weighted by Crippen LogP contribution is 2.31. The Labute approximate surface area is 89.0 Å². The van der Waals surface area contributed by atoms with Gasteiger partial charge in [-0.3, -0.25) is 4.68 Å². The van der Waals surface area contributed by atoms with Gasteiger partial charge in [-0.1, -0.05) is 29.8 Å². The zero-order valence-electron chi connectivity index (χ0n) is 8.83. The lowest BCUT2D eigenvalue weighted by molar-refractivity contribution is 0.838. The summed E-state index contributed by atoms with van der Waals surface area (Å²) in [5.41, 5.74) is 5.16. The van der Waals surface area contributed by atoms with Crippen molar-refractivity contribution in [2.45, 2.75) is 19.8 Å². The quantitative estimate of drug-likeness (QED) is 0.648. The molecule has 0 aliphatic heterocycles. The molecular formula is C13H14N2. The van der Waals surface area contributed by atoms with Crippen molar-refractivity contribution in [2.75, 3.05) is 5.84 Å². The average molecular weight is 198 g/mol. The van der Waals surface area contributed by atoms with E-state index in [1.54, 1.807) is 0 Å². The predicted molar refractivity (Wildman–Crippen MR) is 64.1 cm³/mol. The van der Waals surface area contributed by atoms with Crippen molar-refractivity contribution in [3.05, 3.63) is 41.1 Å². The Bertz CT molecular complexity index is 561.